The number of carbonyl (C=O) groups excluding carboxylic acids is 2. The third-order valence-electron chi connectivity index (χ3n) is 4.19. The number of amides is 2. The van der Waals surface area contributed by atoms with Gasteiger partial charge in [0, 0.05) is 37.9 Å². The van der Waals surface area contributed by atoms with E-state index in [4.69, 9.17) is 11.6 Å². The number of piperidine rings is 1. The molecule has 0 aromatic carbocycles. The van der Waals surface area contributed by atoms with Crippen molar-refractivity contribution in [2.24, 2.45) is 0 Å². The van der Waals surface area contributed by atoms with Crippen molar-refractivity contribution >= 4 is 23.4 Å². The second-order valence-corrected chi connectivity index (χ2v) is 5.81. The molecule has 0 atom stereocenters. The Morgan fingerprint density at radius 3 is 2.76 bits per heavy atom. The van der Waals surface area contributed by atoms with Crippen molar-refractivity contribution in [1.82, 2.24) is 20.5 Å². The first-order valence-corrected chi connectivity index (χ1v) is 7.43. The average Bonchev–Trinajstić information content (AvgIpc) is 2.50. The molecule has 2 aliphatic heterocycles. The summed E-state index contributed by atoms with van der Waals surface area (Å²) in [5.41, 5.74) is 0.0253. The molecule has 0 saturated carbocycles. The number of halogens is 1. The Morgan fingerprint density at radius 1 is 1.33 bits per heavy atom. The van der Waals surface area contributed by atoms with E-state index in [0.717, 1.165) is 6.54 Å². The maximum Gasteiger partial charge on any atom is 0.254 e. The van der Waals surface area contributed by atoms with Gasteiger partial charge in [-0.2, -0.15) is 0 Å². The molecule has 2 saturated heterocycles. The van der Waals surface area contributed by atoms with Crippen LogP contribution in [0.25, 0.3) is 0 Å². The summed E-state index contributed by atoms with van der Waals surface area (Å²) in [5.74, 6) is -0.0156. The smallest absolute Gasteiger partial charge is 0.254 e. The van der Waals surface area contributed by atoms with Crippen LogP contribution >= 0.6 is 11.6 Å². The molecule has 2 fully saturated rings. The Kier molecular flexibility index (Phi) is 3.82. The van der Waals surface area contributed by atoms with E-state index in [2.05, 4.69) is 15.6 Å². The molecular formula is C14H17ClN4O2. The second kappa shape index (κ2) is 5.61. The van der Waals surface area contributed by atoms with E-state index >= 15 is 0 Å². The van der Waals surface area contributed by atoms with Crippen LogP contribution in [0.5, 0.6) is 0 Å². The molecule has 0 aliphatic carbocycles. The zero-order valence-electron chi connectivity index (χ0n) is 11.6. The fraction of sp³-hybridized carbons (Fsp3) is 0.500. The van der Waals surface area contributed by atoms with Crippen LogP contribution < -0.4 is 10.6 Å². The molecule has 1 spiro atoms. The van der Waals surface area contributed by atoms with Crippen molar-refractivity contribution in [3.8, 4) is 0 Å². The predicted molar refractivity (Wildman–Crippen MR) is 78.1 cm³/mol. The molecule has 1 aromatic heterocycles. The summed E-state index contributed by atoms with van der Waals surface area (Å²) in [7, 11) is 0. The molecule has 0 unspecified atom stereocenters. The van der Waals surface area contributed by atoms with Gasteiger partial charge in [-0.05, 0) is 25.0 Å². The van der Waals surface area contributed by atoms with Gasteiger partial charge in [-0.15, -0.1) is 0 Å². The van der Waals surface area contributed by atoms with Gasteiger partial charge in [-0.1, -0.05) is 11.6 Å². The van der Waals surface area contributed by atoms with E-state index in [0.29, 0.717) is 43.2 Å². The highest BCUT2D eigenvalue weighted by molar-refractivity contribution is 6.29. The lowest BCUT2D eigenvalue weighted by molar-refractivity contribution is -0.131. The van der Waals surface area contributed by atoms with Crippen molar-refractivity contribution in [2.75, 3.05) is 26.2 Å². The normalized spacial score (nSPS) is 21.2. The lowest BCUT2D eigenvalue weighted by Gasteiger charge is -2.43. The van der Waals surface area contributed by atoms with Crippen molar-refractivity contribution in [2.45, 2.75) is 18.4 Å². The minimum absolute atomic E-state index is 0.0489. The van der Waals surface area contributed by atoms with Gasteiger partial charge in [0.1, 0.15) is 10.7 Å². The quantitative estimate of drug-likeness (QED) is 0.738. The van der Waals surface area contributed by atoms with Gasteiger partial charge in [0.05, 0.1) is 0 Å². The zero-order valence-corrected chi connectivity index (χ0v) is 12.3. The van der Waals surface area contributed by atoms with Crippen molar-refractivity contribution in [1.29, 1.82) is 0 Å². The number of pyridine rings is 1. The number of likely N-dealkylation sites (tertiary alicyclic amines) is 1. The minimum Gasteiger partial charge on any atom is -0.353 e. The summed E-state index contributed by atoms with van der Waals surface area (Å²) < 4.78 is 0. The van der Waals surface area contributed by atoms with Crippen LogP contribution in [0.4, 0.5) is 0 Å². The third-order valence-corrected chi connectivity index (χ3v) is 4.39. The van der Waals surface area contributed by atoms with E-state index < -0.39 is 5.54 Å². The summed E-state index contributed by atoms with van der Waals surface area (Å²) in [6, 6.07) is 3.23. The fourth-order valence-corrected chi connectivity index (χ4v) is 3.11. The molecule has 0 bridgehead atoms. The van der Waals surface area contributed by atoms with Gasteiger partial charge in [0.15, 0.2) is 0 Å². The maximum atomic E-state index is 12.4. The average molecular weight is 309 g/mol. The monoisotopic (exact) mass is 308 g/mol. The first-order valence-electron chi connectivity index (χ1n) is 7.05. The van der Waals surface area contributed by atoms with Gasteiger partial charge in [0.2, 0.25) is 5.91 Å². The van der Waals surface area contributed by atoms with E-state index in [-0.39, 0.29) is 11.8 Å². The maximum absolute atomic E-state index is 12.4. The van der Waals surface area contributed by atoms with Crippen molar-refractivity contribution in [3.05, 3.63) is 29.0 Å². The van der Waals surface area contributed by atoms with Gasteiger partial charge in [-0.3, -0.25) is 9.59 Å². The summed E-state index contributed by atoms with van der Waals surface area (Å²) >= 11 is 5.82. The van der Waals surface area contributed by atoms with Crippen LogP contribution in [-0.4, -0.2) is 53.4 Å². The van der Waals surface area contributed by atoms with Crippen molar-refractivity contribution < 1.29 is 9.59 Å². The Morgan fingerprint density at radius 2 is 2.10 bits per heavy atom. The predicted octanol–water partition coefficient (Wildman–Crippen LogP) is 0.429. The third kappa shape index (κ3) is 2.73. The largest absolute Gasteiger partial charge is 0.353 e. The van der Waals surface area contributed by atoms with E-state index in [1.165, 1.54) is 6.20 Å². The van der Waals surface area contributed by atoms with Crippen LogP contribution in [0.15, 0.2) is 18.3 Å². The van der Waals surface area contributed by atoms with Crippen LogP contribution in [0.3, 0.4) is 0 Å². The molecule has 112 valence electrons. The number of hydrogen-bond donors (Lipinski definition) is 2. The minimum atomic E-state index is -0.509. The molecule has 6 nitrogen and oxygen atoms in total. The summed E-state index contributed by atoms with van der Waals surface area (Å²) in [6.07, 6.45) is 2.78. The van der Waals surface area contributed by atoms with Gasteiger partial charge in [0.25, 0.3) is 5.91 Å². The highest BCUT2D eigenvalue weighted by Gasteiger charge is 2.43. The number of rotatable bonds is 1. The number of nitrogens with one attached hydrogen (secondary N) is 2. The Balaban J connectivity index is 1.68. The number of carbonyl (C=O) groups is 2. The van der Waals surface area contributed by atoms with Crippen LogP contribution in [0, 0.1) is 0 Å². The summed E-state index contributed by atoms with van der Waals surface area (Å²) in [5, 5.41) is 6.51. The lowest BCUT2D eigenvalue weighted by atomic mass is 9.85. The van der Waals surface area contributed by atoms with Gasteiger partial charge < -0.3 is 15.5 Å². The van der Waals surface area contributed by atoms with Gasteiger partial charge >= 0.3 is 0 Å². The zero-order chi connectivity index (χ0) is 14.9. The Labute approximate surface area is 127 Å². The van der Waals surface area contributed by atoms with E-state index in [9.17, 15) is 9.59 Å². The second-order valence-electron chi connectivity index (χ2n) is 5.42. The molecule has 2 aliphatic rings. The van der Waals surface area contributed by atoms with Crippen LogP contribution in [0.2, 0.25) is 5.15 Å². The number of nitrogens with zero attached hydrogens (tertiary/aromatic N) is 2. The molecule has 3 heterocycles. The highest BCUT2D eigenvalue weighted by atomic mass is 35.5. The molecule has 7 heteroatoms. The molecule has 0 radical (unpaired) electrons. The first-order chi connectivity index (χ1) is 10.1. The first kappa shape index (κ1) is 14.3. The molecule has 2 N–H and O–H groups in total. The highest BCUT2D eigenvalue weighted by Crippen LogP contribution is 2.25. The SMILES string of the molecule is O=C(c1ccnc(Cl)c1)N1CCC2(CC1)NCCNC2=O. The molecule has 1 aromatic rings. The Bertz CT molecular complexity index is 570. The topological polar surface area (TPSA) is 74.3 Å². The molecule has 21 heavy (non-hydrogen) atoms. The number of aromatic nitrogens is 1. The molecule has 3 rings (SSSR count). The fourth-order valence-electron chi connectivity index (χ4n) is 2.94. The van der Waals surface area contributed by atoms with Crippen LogP contribution in [0.1, 0.15) is 23.2 Å². The van der Waals surface area contributed by atoms with E-state index in [1.54, 1.807) is 17.0 Å². The number of hydrogen-bond acceptors (Lipinski definition) is 4. The van der Waals surface area contributed by atoms with Crippen molar-refractivity contribution in [3.63, 3.8) is 0 Å². The molecule has 2 amide bonds. The Hall–Kier alpha value is -1.66. The summed E-state index contributed by atoms with van der Waals surface area (Å²) in [6.45, 7) is 2.55. The van der Waals surface area contributed by atoms with Crippen LogP contribution in [-0.2, 0) is 4.79 Å². The number of piperazine rings is 1. The van der Waals surface area contributed by atoms with Gasteiger partial charge in [-0.25, -0.2) is 4.98 Å². The van der Waals surface area contributed by atoms with E-state index in [1.807, 2.05) is 0 Å². The lowest BCUT2D eigenvalue weighted by Crippen LogP contribution is -2.66. The molecular weight excluding hydrogens is 292 g/mol. The summed E-state index contributed by atoms with van der Waals surface area (Å²) in [4.78, 5) is 30.1. The standard InChI is InChI=1S/C14H17ClN4O2/c15-11-9-10(1-4-16-11)12(20)19-7-2-14(3-8-19)13(21)17-5-6-18-14/h1,4,9,18H,2-3,5-8H2,(H,17,21).